The summed E-state index contributed by atoms with van der Waals surface area (Å²) in [6.07, 6.45) is 0. The first-order valence-electron chi connectivity index (χ1n) is 5.68. The van der Waals surface area contributed by atoms with Gasteiger partial charge in [0.1, 0.15) is 0 Å². The molecule has 3 nitrogen and oxygen atoms in total. The Hall–Kier alpha value is -1.08. The Kier molecular flexibility index (Phi) is 5.21. The van der Waals surface area contributed by atoms with Crippen molar-refractivity contribution in [2.75, 3.05) is 17.2 Å². The van der Waals surface area contributed by atoms with Gasteiger partial charge < -0.3 is 10.6 Å². The summed E-state index contributed by atoms with van der Waals surface area (Å²) in [5.41, 5.74) is 1.72. The van der Waals surface area contributed by atoms with Crippen molar-refractivity contribution in [1.82, 2.24) is 0 Å². The number of nitrogens with one attached hydrogen (secondary N) is 2. The molecule has 0 unspecified atom stereocenters. The molecule has 0 heterocycles. The Morgan fingerprint density at radius 2 is 1.84 bits per heavy atom. The average molecular weight is 431 g/mol. The van der Waals surface area contributed by atoms with Crippen LogP contribution < -0.4 is 10.6 Å². The normalized spacial score (nSPS) is 10.0. The largest absolute Gasteiger partial charge is 0.376 e. The predicted molar refractivity (Wildman–Crippen MR) is 90.4 cm³/mol. The van der Waals surface area contributed by atoms with Crippen LogP contribution in [0.2, 0.25) is 0 Å². The molecule has 2 N–H and O–H groups in total. The minimum absolute atomic E-state index is 0.0683. The van der Waals surface area contributed by atoms with Gasteiger partial charge in [-0.05, 0) is 65.1 Å². The van der Waals surface area contributed by atoms with Crippen molar-refractivity contribution in [3.05, 3.63) is 56.6 Å². The van der Waals surface area contributed by atoms with Gasteiger partial charge in [0.05, 0.1) is 6.54 Å². The number of carbonyl (C=O) groups is 1. The molecule has 0 aliphatic rings. The second-order valence-corrected chi connectivity index (χ2v) is 6.08. The Labute approximate surface area is 134 Å². The van der Waals surface area contributed by atoms with Crippen LogP contribution in [0.1, 0.15) is 0 Å². The lowest BCUT2D eigenvalue weighted by Gasteiger charge is -2.08. The molecule has 2 rings (SSSR count). The van der Waals surface area contributed by atoms with Gasteiger partial charge >= 0.3 is 0 Å². The van der Waals surface area contributed by atoms with E-state index in [-0.39, 0.29) is 12.5 Å². The number of carbonyl (C=O) groups excluding carboxylic acids is 1. The third-order valence-electron chi connectivity index (χ3n) is 2.41. The minimum atomic E-state index is -0.0683. The van der Waals surface area contributed by atoms with Crippen molar-refractivity contribution in [2.24, 2.45) is 0 Å². The molecule has 2 aromatic carbocycles. The lowest BCUT2D eigenvalue weighted by Crippen LogP contribution is -2.21. The lowest BCUT2D eigenvalue weighted by atomic mass is 10.3. The fraction of sp³-hybridized carbons (Fsp3) is 0.0714. The number of benzene rings is 2. The maximum Gasteiger partial charge on any atom is 0.243 e. The van der Waals surface area contributed by atoms with Crippen LogP contribution in [0.25, 0.3) is 0 Å². The SMILES string of the molecule is O=C(CNc1cccc(Br)c1)Nc1ccc(I)cc1. The van der Waals surface area contributed by atoms with Crippen LogP contribution in [0.15, 0.2) is 53.0 Å². The van der Waals surface area contributed by atoms with Gasteiger partial charge in [0, 0.05) is 19.4 Å². The van der Waals surface area contributed by atoms with E-state index in [0.717, 1.165) is 19.4 Å². The predicted octanol–water partition coefficient (Wildman–Crippen LogP) is 4.10. The molecule has 0 saturated carbocycles. The number of rotatable bonds is 4. The summed E-state index contributed by atoms with van der Waals surface area (Å²) in [5, 5.41) is 5.91. The zero-order chi connectivity index (χ0) is 13.7. The van der Waals surface area contributed by atoms with E-state index in [1.807, 2.05) is 48.5 Å². The first-order valence-corrected chi connectivity index (χ1v) is 7.55. The van der Waals surface area contributed by atoms with Gasteiger partial charge in [0.15, 0.2) is 0 Å². The number of halogens is 2. The molecular formula is C14H12BrIN2O. The van der Waals surface area contributed by atoms with Gasteiger partial charge in [0.2, 0.25) is 5.91 Å². The van der Waals surface area contributed by atoms with Gasteiger partial charge in [-0.2, -0.15) is 0 Å². The van der Waals surface area contributed by atoms with Crippen LogP contribution in [-0.4, -0.2) is 12.5 Å². The summed E-state index contributed by atoms with van der Waals surface area (Å²) >= 11 is 5.62. The molecule has 0 spiro atoms. The molecule has 2 aromatic rings. The van der Waals surface area contributed by atoms with E-state index in [1.165, 1.54) is 0 Å². The molecule has 0 bridgehead atoms. The van der Waals surface area contributed by atoms with Crippen LogP contribution in [-0.2, 0) is 4.79 Å². The lowest BCUT2D eigenvalue weighted by molar-refractivity contribution is -0.114. The van der Waals surface area contributed by atoms with Gasteiger partial charge in [-0.15, -0.1) is 0 Å². The molecular weight excluding hydrogens is 419 g/mol. The maximum absolute atomic E-state index is 11.8. The van der Waals surface area contributed by atoms with Crippen LogP contribution in [0.3, 0.4) is 0 Å². The average Bonchev–Trinajstić information content (AvgIpc) is 2.39. The highest BCUT2D eigenvalue weighted by Gasteiger charge is 2.02. The summed E-state index contributed by atoms with van der Waals surface area (Å²) in [5.74, 6) is -0.0683. The summed E-state index contributed by atoms with van der Waals surface area (Å²) < 4.78 is 2.12. The van der Waals surface area contributed by atoms with Crippen molar-refractivity contribution in [1.29, 1.82) is 0 Å². The van der Waals surface area contributed by atoms with E-state index in [1.54, 1.807) is 0 Å². The number of anilines is 2. The molecule has 5 heteroatoms. The number of hydrogen-bond donors (Lipinski definition) is 2. The van der Waals surface area contributed by atoms with E-state index < -0.39 is 0 Å². The molecule has 0 radical (unpaired) electrons. The Bertz CT molecular complexity index is 572. The minimum Gasteiger partial charge on any atom is -0.376 e. The fourth-order valence-corrected chi connectivity index (χ4v) is 2.28. The van der Waals surface area contributed by atoms with Crippen LogP contribution in [0, 0.1) is 3.57 Å². The third kappa shape index (κ3) is 4.83. The standard InChI is InChI=1S/C14H12BrIN2O/c15-10-2-1-3-13(8-10)17-9-14(19)18-12-6-4-11(16)5-7-12/h1-8,17H,9H2,(H,18,19). The second-order valence-electron chi connectivity index (χ2n) is 3.92. The highest BCUT2D eigenvalue weighted by atomic mass is 127. The van der Waals surface area contributed by atoms with Crippen molar-refractivity contribution in [3.63, 3.8) is 0 Å². The van der Waals surface area contributed by atoms with Gasteiger partial charge in [-0.1, -0.05) is 22.0 Å². The molecule has 19 heavy (non-hydrogen) atoms. The van der Waals surface area contributed by atoms with Crippen molar-refractivity contribution < 1.29 is 4.79 Å². The number of hydrogen-bond acceptors (Lipinski definition) is 2. The van der Waals surface area contributed by atoms with Crippen LogP contribution in [0.5, 0.6) is 0 Å². The first kappa shape index (κ1) is 14.3. The molecule has 0 saturated heterocycles. The van der Waals surface area contributed by atoms with E-state index in [2.05, 4.69) is 49.2 Å². The quantitative estimate of drug-likeness (QED) is 0.717. The van der Waals surface area contributed by atoms with Gasteiger partial charge in [0.25, 0.3) is 0 Å². The fourth-order valence-electron chi connectivity index (χ4n) is 1.52. The highest BCUT2D eigenvalue weighted by Crippen LogP contribution is 2.15. The summed E-state index contributed by atoms with van der Waals surface area (Å²) in [6.45, 7) is 0.239. The van der Waals surface area contributed by atoms with E-state index in [0.29, 0.717) is 0 Å². The summed E-state index contributed by atoms with van der Waals surface area (Å²) in [6, 6.07) is 15.4. The highest BCUT2D eigenvalue weighted by molar-refractivity contribution is 14.1. The zero-order valence-electron chi connectivity index (χ0n) is 9.99. The smallest absolute Gasteiger partial charge is 0.243 e. The third-order valence-corrected chi connectivity index (χ3v) is 3.62. The summed E-state index contributed by atoms with van der Waals surface area (Å²) in [7, 11) is 0. The molecule has 0 aromatic heterocycles. The van der Waals surface area contributed by atoms with Gasteiger partial charge in [-0.25, -0.2) is 0 Å². The van der Waals surface area contributed by atoms with E-state index in [4.69, 9.17) is 0 Å². The monoisotopic (exact) mass is 430 g/mol. The zero-order valence-corrected chi connectivity index (χ0v) is 13.7. The van der Waals surface area contributed by atoms with Crippen molar-refractivity contribution in [3.8, 4) is 0 Å². The van der Waals surface area contributed by atoms with Crippen LogP contribution in [0.4, 0.5) is 11.4 Å². The Balaban J connectivity index is 1.86. The van der Waals surface area contributed by atoms with Crippen molar-refractivity contribution in [2.45, 2.75) is 0 Å². The number of amides is 1. The molecule has 0 fully saturated rings. The topological polar surface area (TPSA) is 41.1 Å². The van der Waals surface area contributed by atoms with Gasteiger partial charge in [-0.3, -0.25) is 4.79 Å². The Morgan fingerprint density at radius 1 is 1.11 bits per heavy atom. The van der Waals surface area contributed by atoms with E-state index >= 15 is 0 Å². The molecule has 0 aliphatic carbocycles. The summed E-state index contributed by atoms with van der Waals surface area (Å²) in [4.78, 5) is 11.8. The van der Waals surface area contributed by atoms with E-state index in [9.17, 15) is 4.79 Å². The molecule has 1 amide bonds. The Morgan fingerprint density at radius 3 is 2.53 bits per heavy atom. The molecule has 98 valence electrons. The first-order chi connectivity index (χ1) is 9.13. The maximum atomic E-state index is 11.8. The van der Waals surface area contributed by atoms with Crippen molar-refractivity contribution >= 4 is 55.8 Å². The van der Waals surface area contributed by atoms with Crippen LogP contribution >= 0.6 is 38.5 Å². The molecule has 0 atom stereocenters. The molecule has 0 aliphatic heterocycles. The second kappa shape index (κ2) is 6.91.